The number of anilines is 1. The first-order chi connectivity index (χ1) is 12.2. The molecule has 2 aromatic carbocycles. The lowest BCUT2D eigenvalue weighted by Crippen LogP contribution is -2.29. The average Bonchev–Trinajstić information content (AvgIpc) is 3.50. The first-order valence-electron chi connectivity index (χ1n) is 9.22. The topological polar surface area (TPSA) is 49.1 Å². The summed E-state index contributed by atoms with van der Waals surface area (Å²) in [5.41, 5.74) is 3.13. The molecular weight excluding hydrogens is 308 g/mol. The van der Waals surface area contributed by atoms with Crippen LogP contribution < -0.4 is 5.32 Å². The summed E-state index contributed by atoms with van der Waals surface area (Å²) in [5, 5.41) is 5.93. The second kappa shape index (κ2) is 4.57. The molecule has 1 heterocycles. The minimum atomic E-state index is 0.303. The van der Waals surface area contributed by atoms with Gasteiger partial charge in [0.1, 0.15) is 5.84 Å². The molecule has 25 heavy (non-hydrogen) atoms. The van der Waals surface area contributed by atoms with Gasteiger partial charge < -0.3 is 5.32 Å². The van der Waals surface area contributed by atoms with E-state index in [9.17, 15) is 0 Å². The number of hydrogen-bond donors (Lipinski definition) is 1. The number of amidine groups is 1. The number of rotatable bonds is 1. The zero-order valence-corrected chi connectivity index (χ0v) is 14.1. The summed E-state index contributed by atoms with van der Waals surface area (Å²) in [6.07, 6.45) is 6.24. The van der Waals surface area contributed by atoms with Gasteiger partial charge in [-0.1, -0.05) is 30.3 Å². The van der Waals surface area contributed by atoms with Gasteiger partial charge in [-0.15, -0.1) is 0 Å². The van der Waals surface area contributed by atoms with E-state index in [0.717, 1.165) is 30.4 Å². The first-order valence-corrected chi connectivity index (χ1v) is 9.22. The molecule has 3 aliphatic carbocycles. The van der Waals surface area contributed by atoms with Crippen LogP contribution in [-0.2, 0) is 0 Å². The second-order valence-corrected chi connectivity index (χ2v) is 8.06. The molecule has 4 aliphatic rings. The van der Waals surface area contributed by atoms with Gasteiger partial charge in [-0.05, 0) is 55.0 Å². The highest BCUT2D eigenvalue weighted by Gasteiger charge is 2.60. The Labute approximate surface area is 146 Å². The molecule has 1 N–H and O–H groups in total. The Balaban J connectivity index is 1.34. The van der Waals surface area contributed by atoms with Crippen LogP contribution in [0.1, 0.15) is 32.1 Å². The highest BCUT2D eigenvalue weighted by atomic mass is 15.2. The zero-order chi connectivity index (χ0) is 16.5. The minimum Gasteiger partial charge on any atom is -0.324 e. The number of nitrogens with zero attached hydrogens (tertiary/aromatic N) is 3. The maximum absolute atomic E-state index is 4.87. The minimum absolute atomic E-state index is 0.303. The van der Waals surface area contributed by atoms with Crippen molar-refractivity contribution in [1.29, 1.82) is 0 Å². The molecule has 124 valence electrons. The Kier molecular flexibility index (Phi) is 2.51. The standard InChI is InChI=1S/C21H20N4/c1-2-4-15-11-16(6-5-14(15)3-1)23-19(24-17-12-20(17)7-8-20)25-18-21(9-10-21)13-22-18/h1-6,11H,7-10,12-13H2,(H,22,23,25). The Morgan fingerprint density at radius 1 is 0.960 bits per heavy atom. The number of hydrogen-bond acceptors (Lipinski definition) is 2. The lowest BCUT2D eigenvalue weighted by molar-refractivity contribution is 0.634. The molecular formula is C21H20N4. The van der Waals surface area contributed by atoms with Gasteiger partial charge in [-0.3, -0.25) is 4.99 Å². The van der Waals surface area contributed by atoms with Crippen molar-refractivity contribution >= 4 is 34.0 Å². The smallest absolute Gasteiger partial charge is 0.228 e. The van der Waals surface area contributed by atoms with Gasteiger partial charge in [-0.2, -0.15) is 4.99 Å². The summed E-state index contributed by atoms with van der Waals surface area (Å²) in [7, 11) is 0. The van der Waals surface area contributed by atoms with E-state index >= 15 is 0 Å². The first kappa shape index (κ1) is 13.8. The SMILES string of the molecule is c1ccc2cc(NC(=NC3=NCC34CC4)N=C3CC34CC4)ccc2c1. The third-order valence-corrected chi connectivity index (χ3v) is 6.16. The Morgan fingerprint density at radius 3 is 2.44 bits per heavy atom. The third kappa shape index (κ3) is 2.24. The van der Waals surface area contributed by atoms with Crippen molar-refractivity contribution < 1.29 is 0 Å². The molecule has 3 fully saturated rings. The van der Waals surface area contributed by atoms with Crippen LogP contribution in [0.5, 0.6) is 0 Å². The fourth-order valence-electron chi connectivity index (χ4n) is 3.82. The molecule has 0 atom stereocenters. The van der Waals surface area contributed by atoms with Crippen molar-refractivity contribution in [2.75, 3.05) is 11.9 Å². The fraction of sp³-hybridized carbons (Fsp3) is 0.381. The molecule has 3 saturated carbocycles. The Hall–Kier alpha value is -2.49. The van der Waals surface area contributed by atoms with Gasteiger partial charge in [0.15, 0.2) is 0 Å². The molecule has 2 spiro atoms. The molecule has 0 aromatic heterocycles. The Bertz CT molecular complexity index is 990. The lowest BCUT2D eigenvalue weighted by Gasteiger charge is -2.22. The number of guanidine groups is 1. The molecule has 4 nitrogen and oxygen atoms in total. The number of nitrogens with one attached hydrogen (secondary N) is 1. The predicted octanol–water partition coefficient (Wildman–Crippen LogP) is 4.42. The van der Waals surface area contributed by atoms with E-state index in [2.05, 4.69) is 52.8 Å². The number of fused-ring (bicyclic) bond motifs is 1. The highest BCUT2D eigenvalue weighted by Crippen LogP contribution is 2.63. The molecule has 0 amide bonds. The number of aliphatic imine (C=N–C) groups is 3. The monoisotopic (exact) mass is 328 g/mol. The van der Waals surface area contributed by atoms with Crippen LogP contribution in [0.15, 0.2) is 57.4 Å². The summed E-state index contributed by atoms with van der Waals surface area (Å²) in [5.74, 6) is 1.73. The van der Waals surface area contributed by atoms with E-state index in [4.69, 9.17) is 9.98 Å². The molecule has 1 aliphatic heterocycles. The van der Waals surface area contributed by atoms with Gasteiger partial charge in [-0.25, -0.2) is 4.99 Å². The largest absolute Gasteiger partial charge is 0.324 e. The zero-order valence-electron chi connectivity index (χ0n) is 14.1. The van der Waals surface area contributed by atoms with Gasteiger partial charge >= 0.3 is 0 Å². The number of benzene rings is 2. The molecule has 2 aromatic rings. The van der Waals surface area contributed by atoms with Crippen molar-refractivity contribution in [1.82, 2.24) is 0 Å². The van der Waals surface area contributed by atoms with Crippen LogP contribution in [-0.4, -0.2) is 24.1 Å². The van der Waals surface area contributed by atoms with Gasteiger partial charge in [0.25, 0.3) is 0 Å². The molecule has 0 saturated heterocycles. The van der Waals surface area contributed by atoms with Gasteiger partial charge in [0.05, 0.1) is 6.54 Å². The third-order valence-electron chi connectivity index (χ3n) is 6.16. The van der Waals surface area contributed by atoms with Crippen LogP contribution >= 0.6 is 0 Å². The Morgan fingerprint density at radius 2 is 1.76 bits per heavy atom. The second-order valence-electron chi connectivity index (χ2n) is 8.06. The summed E-state index contributed by atoms with van der Waals surface area (Å²) >= 11 is 0. The van der Waals surface area contributed by atoms with Crippen molar-refractivity contribution in [3.05, 3.63) is 42.5 Å². The van der Waals surface area contributed by atoms with Crippen LogP contribution in [0.25, 0.3) is 10.8 Å². The quantitative estimate of drug-likeness (QED) is 0.611. The highest BCUT2D eigenvalue weighted by molar-refractivity contribution is 6.17. The van der Waals surface area contributed by atoms with Crippen LogP contribution in [0.3, 0.4) is 0 Å². The van der Waals surface area contributed by atoms with E-state index in [0.29, 0.717) is 10.8 Å². The molecule has 0 bridgehead atoms. The summed E-state index contributed by atoms with van der Waals surface area (Å²) in [6, 6.07) is 14.8. The molecule has 0 radical (unpaired) electrons. The van der Waals surface area contributed by atoms with Crippen molar-refractivity contribution in [2.24, 2.45) is 25.8 Å². The molecule has 4 heteroatoms. The normalized spacial score (nSPS) is 25.8. The van der Waals surface area contributed by atoms with Crippen molar-refractivity contribution in [3.63, 3.8) is 0 Å². The van der Waals surface area contributed by atoms with Crippen molar-refractivity contribution in [3.8, 4) is 0 Å². The van der Waals surface area contributed by atoms with E-state index in [1.54, 1.807) is 0 Å². The van der Waals surface area contributed by atoms with Crippen LogP contribution in [0.4, 0.5) is 5.69 Å². The van der Waals surface area contributed by atoms with E-state index < -0.39 is 0 Å². The maximum Gasteiger partial charge on any atom is 0.228 e. The van der Waals surface area contributed by atoms with E-state index in [-0.39, 0.29) is 0 Å². The lowest BCUT2D eigenvalue weighted by atomic mass is 10.0. The summed E-state index contributed by atoms with van der Waals surface area (Å²) in [6.45, 7) is 0.954. The van der Waals surface area contributed by atoms with Gasteiger partial charge in [0.2, 0.25) is 5.96 Å². The predicted molar refractivity (Wildman–Crippen MR) is 103 cm³/mol. The van der Waals surface area contributed by atoms with Crippen LogP contribution in [0.2, 0.25) is 0 Å². The van der Waals surface area contributed by atoms with E-state index in [1.165, 1.54) is 42.2 Å². The summed E-state index contributed by atoms with van der Waals surface area (Å²) in [4.78, 5) is 14.2. The fourth-order valence-corrected chi connectivity index (χ4v) is 3.82. The summed E-state index contributed by atoms with van der Waals surface area (Å²) < 4.78 is 0. The average molecular weight is 328 g/mol. The molecule has 0 unspecified atom stereocenters. The van der Waals surface area contributed by atoms with Crippen molar-refractivity contribution in [2.45, 2.75) is 32.1 Å². The van der Waals surface area contributed by atoms with Gasteiger partial charge in [0, 0.05) is 22.2 Å². The maximum atomic E-state index is 4.87. The van der Waals surface area contributed by atoms with E-state index in [1.807, 2.05) is 0 Å². The molecule has 6 rings (SSSR count). The van der Waals surface area contributed by atoms with Crippen LogP contribution in [0, 0.1) is 10.8 Å².